The van der Waals surface area contributed by atoms with Crippen molar-refractivity contribution >= 4 is 0 Å². The highest BCUT2D eigenvalue weighted by Crippen LogP contribution is 2.08. The zero-order valence-corrected chi connectivity index (χ0v) is 13.9. The van der Waals surface area contributed by atoms with Gasteiger partial charge in [-0.2, -0.15) is 4.57 Å². The van der Waals surface area contributed by atoms with Crippen LogP contribution in [0.3, 0.4) is 0 Å². The van der Waals surface area contributed by atoms with Crippen molar-refractivity contribution in [1.29, 1.82) is 0 Å². The third-order valence-electron chi connectivity index (χ3n) is 4.03. The fourth-order valence-corrected chi connectivity index (χ4v) is 2.45. The first kappa shape index (κ1) is 17.2. The summed E-state index contributed by atoms with van der Waals surface area (Å²) >= 11 is 0. The van der Waals surface area contributed by atoms with E-state index in [2.05, 4.69) is 44.7 Å². The highest BCUT2D eigenvalue weighted by Gasteiger charge is 2.06. The predicted molar refractivity (Wildman–Crippen MR) is 84.8 cm³/mol. The van der Waals surface area contributed by atoms with E-state index in [1.165, 1.54) is 61.6 Å². The van der Waals surface area contributed by atoms with E-state index in [0.717, 1.165) is 6.61 Å². The molecule has 1 heterocycles. The lowest BCUT2D eigenvalue weighted by Gasteiger charge is -2.05. The maximum Gasteiger partial charge on any atom is 0.252 e. The molecule has 0 aromatic carbocycles. The first-order valence-electron chi connectivity index (χ1n) is 8.19. The van der Waals surface area contributed by atoms with Crippen LogP contribution in [0.4, 0.5) is 0 Å². The molecule has 0 aliphatic carbocycles. The van der Waals surface area contributed by atoms with Crippen molar-refractivity contribution in [3.8, 4) is 0 Å². The molecule has 114 valence electrons. The summed E-state index contributed by atoms with van der Waals surface area (Å²) in [5, 5.41) is 0. The first-order chi connectivity index (χ1) is 9.65. The number of nitrogens with zero attached hydrogens (tertiary/aromatic N) is 1. The Morgan fingerprint density at radius 3 is 2.00 bits per heavy atom. The minimum Gasteiger partial charge on any atom is -0.323 e. The SMILES string of the molecule is CCCCCCCCCOC[n+]1cc(C)c(C)c(C)c1. The third-order valence-corrected chi connectivity index (χ3v) is 4.03. The zero-order valence-electron chi connectivity index (χ0n) is 13.9. The molecule has 0 saturated heterocycles. The average Bonchev–Trinajstić information content (AvgIpc) is 2.43. The summed E-state index contributed by atoms with van der Waals surface area (Å²) in [7, 11) is 0. The standard InChI is InChI=1S/C18H32NO/c1-5-6-7-8-9-10-11-12-20-15-19-13-16(2)18(4)17(3)14-19/h13-14H,5-12,15H2,1-4H3/q+1. The number of aromatic nitrogens is 1. The molecular weight excluding hydrogens is 246 g/mol. The van der Waals surface area contributed by atoms with Gasteiger partial charge in [-0.1, -0.05) is 45.4 Å². The second-order valence-corrected chi connectivity index (χ2v) is 5.92. The lowest BCUT2D eigenvalue weighted by atomic mass is 10.1. The monoisotopic (exact) mass is 278 g/mol. The second-order valence-electron chi connectivity index (χ2n) is 5.92. The molecule has 2 nitrogen and oxygen atoms in total. The maximum absolute atomic E-state index is 5.76. The highest BCUT2D eigenvalue weighted by molar-refractivity contribution is 5.25. The second kappa shape index (κ2) is 9.93. The molecule has 0 aliphatic heterocycles. The van der Waals surface area contributed by atoms with E-state index in [9.17, 15) is 0 Å². The van der Waals surface area contributed by atoms with Crippen LogP contribution in [0.1, 0.15) is 68.6 Å². The molecule has 0 N–H and O–H groups in total. The van der Waals surface area contributed by atoms with Gasteiger partial charge in [-0.15, -0.1) is 0 Å². The fourth-order valence-electron chi connectivity index (χ4n) is 2.45. The summed E-state index contributed by atoms with van der Waals surface area (Å²) in [4.78, 5) is 0. The molecular formula is C18H32NO+. The van der Waals surface area contributed by atoms with E-state index in [0.29, 0.717) is 6.73 Å². The molecule has 1 aromatic heterocycles. The number of hydrogen-bond acceptors (Lipinski definition) is 1. The topological polar surface area (TPSA) is 13.1 Å². The molecule has 2 heteroatoms. The molecule has 0 saturated carbocycles. The number of unbranched alkanes of at least 4 members (excludes halogenated alkanes) is 6. The van der Waals surface area contributed by atoms with Crippen molar-refractivity contribution in [2.75, 3.05) is 6.61 Å². The fraction of sp³-hybridized carbons (Fsp3) is 0.722. The summed E-state index contributed by atoms with van der Waals surface area (Å²) < 4.78 is 7.91. The summed E-state index contributed by atoms with van der Waals surface area (Å²) in [6, 6.07) is 0. The molecule has 0 atom stereocenters. The van der Waals surface area contributed by atoms with Crippen molar-refractivity contribution in [3.05, 3.63) is 29.1 Å². The Labute approximate surface area is 125 Å². The van der Waals surface area contributed by atoms with E-state index in [1.807, 2.05) is 0 Å². The lowest BCUT2D eigenvalue weighted by molar-refractivity contribution is -0.733. The summed E-state index contributed by atoms with van der Waals surface area (Å²) in [5.74, 6) is 0. The Balaban J connectivity index is 2.10. The van der Waals surface area contributed by atoms with Crippen LogP contribution >= 0.6 is 0 Å². The molecule has 20 heavy (non-hydrogen) atoms. The first-order valence-corrected chi connectivity index (χ1v) is 8.19. The number of aryl methyl sites for hydroxylation is 2. The number of hydrogen-bond donors (Lipinski definition) is 0. The number of ether oxygens (including phenoxy) is 1. The van der Waals surface area contributed by atoms with Crippen LogP contribution in [0.25, 0.3) is 0 Å². The van der Waals surface area contributed by atoms with E-state index < -0.39 is 0 Å². The van der Waals surface area contributed by atoms with Crippen molar-refractivity contribution in [2.24, 2.45) is 0 Å². The third kappa shape index (κ3) is 6.51. The maximum atomic E-state index is 5.76. The van der Waals surface area contributed by atoms with Crippen LogP contribution in [0, 0.1) is 20.8 Å². The van der Waals surface area contributed by atoms with Crippen LogP contribution in [0.15, 0.2) is 12.4 Å². The van der Waals surface area contributed by atoms with Crippen molar-refractivity contribution in [2.45, 2.75) is 79.4 Å². The molecule has 0 unspecified atom stereocenters. The van der Waals surface area contributed by atoms with Gasteiger partial charge in [0.25, 0.3) is 6.73 Å². The van der Waals surface area contributed by atoms with Crippen molar-refractivity contribution < 1.29 is 9.30 Å². The molecule has 1 aromatic rings. The summed E-state index contributed by atoms with van der Waals surface area (Å²) in [6.45, 7) is 10.3. The molecule has 0 radical (unpaired) electrons. The Hall–Kier alpha value is -0.890. The van der Waals surface area contributed by atoms with Gasteiger partial charge in [-0.3, -0.25) is 0 Å². The zero-order chi connectivity index (χ0) is 14.8. The van der Waals surface area contributed by atoms with Gasteiger partial charge >= 0.3 is 0 Å². The van der Waals surface area contributed by atoms with Gasteiger partial charge in [-0.05, 0) is 32.8 Å². The Kier molecular flexibility index (Phi) is 8.52. The van der Waals surface area contributed by atoms with Crippen LogP contribution in [0.5, 0.6) is 0 Å². The van der Waals surface area contributed by atoms with Crippen molar-refractivity contribution in [3.63, 3.8) is 0 Å². The Morgan fingerprint density at radius 2 is 1.40 bits per heavy atom. The summed E-state index contributed by atoms with van der Waals surface area (Å²) in [5.41, 5.74) is 4.06. The van der Waals surface area contributed by atoms with E-state index in [4.69, 9.17) is 4.74 Å². The highest BCUT2D eigenvalue weighted by atomic mass is 16.5. The number of rotatable bonds is 10. The van der Waals surface area contributed by atoms with Crippen LogP contribution in [-0.2, 0) is 11.5 Å². The minimum atomic E-state index is 0.678. The van der Waals surface area contributed by atoms with Gasteiger partial charge in [0.2, 0.25) is 0 Å². The van der Waals surface area contributed by atoms with E-state index in [-0.39, 0.29) is 0 Å². The molecule has 0 fully saturated rings. The molecule has 0 bridgehead atoms. The predicted octanol–water partition coefficient (Wildman–Crippen LogP) is 4.62. The quantitative estimate of drug-likeness (QED) is 0.449. The molecule has 0 amide bonds. The number of pyridine rings is 1. The molecule has 0 aliphatic rings. The minimum absolute atomic E-state index is 0.678. The van der Waals surface area contributed by atoms with Gasteiger partial charge in [0.1, 0.15) is 0 Å². The Morgan fingerprint density at radius 1 is 0.850 bits per heavy atom. The van der Waals surface area contributed by atoms with Crippen LogP contribution in [0.2, 0.25) is 0 Å². The van der Waals surface area contributed by atoms with Gasteiger partial charge in [0.05, 0.1) is 6.61 Å². The summed E-state index contributed by atoms with van der Waals surface area (Å²) in [6.07, 6.45) is 13.7. The van der Waals surface area contributed by atoms with E-state index >= 15 is 0 Å². The van der Waals surface area contributed by atoms with Crippen LogP contribution < -0.4 is 4.57 Å². The largest absolute Gasteiger partial charge is 0.323 e. The van der Waals surface area contributed by atoms with Gasteiger partial charge in [0, 0.05) is 11.1 Å². The lowest BCUT2D eigenvalue weighted by Crippen LogP contribution is -2.35. The average molecular weight is 278 g/mol. The van der Waals surface area contributed by atoms with Crippen LogP contribution in [-0.4, -0.2) is 6.61 Å². The molecule has 1 rings (SSSR count). The smallest absolute Gasteiger partial charge is 0.252 e. The Bertz CT molecular complexity index is 364. The normalized spacial score (nSPS) is 11.0. The van der Waals surface area contributed by atoms with Gasteiger partial charge in [-0.25, -0.2) is 0 Å². The van der Waals surface area contributed by atoms with Crippen molar-refractivity contribution in [1.82, 2.24) is 0 Å². The van der Waals surface area contributed by atoms with Gasteiger partial charge in [0.15, 0.2) is 12.4 Å². The van der Waals surface area contributed by atoms with E-state index in [1.54, 1.807) is 0 Å². The molecule has 0 spiro atoms. The van der Waals surface area contributed by atoms with Gasteiger partial charge < -0.3 is 4.74 Å².